The molecule has 2 aliphatic heterocycles. The van der Waals surface area contributed by atoms with Gasteiger partial charge >= 0.3 is 0 Å². The molecule has 1 aromatic rings. The number of ether oxygens (including phenoxy) is 5. The Balaban J connectivity index is 1.01. The molecule has 2 N–H and O–H groups in total. The standard InChI is InChI=1S/C31H45NO7/c33-23-24(35-21-13-2-1-12-20-32-29(34)22-14-6-3-7-15-22)26-28(39-31(37-26)18-10-5-11-19-31)27-25(23)36-30(38-27)16-8-4-9-17-30/h3,6-7,14-15,23-28,33H,1-2,4-5,8-13,16-21H2,(H,32,34)/t23-,24-,25+,26+,27+,28-/m0/s1. The minimum Gasteiger partial charge on any atom is -0.387 e. The van der Waals surface area contributed by atoms with Crippen molar-refractivity contribution in [1.82, 2.24) is 5.32 Å². The van der Waals surface area contributed by atoms with Gasteiger partial charge in [-0.25, -0.2) is 0 Å². The Hall–Kier alpha value is -1.55. The van der Waals surface area contributed by atoms with Crippen molar-refractivity contribution >= 4 is 5.91 Å². The molecule has 0 aromatic heterocycles. The number of carbonyl (C=O) groups is 1. The van der Waals surface area contributed by atoms with Crippen molar-refractivity contribution < 1.29 is 33.6 Å². The molecule has 5 fully saturated rings. The summed E-state index contributed by atoms with van der Waals surface area (Å²) in [6.07, 6.45) is 11.3. The fourth-order valence-electron chi connectivity index (χ4n) is 7.26. The number of rotatable bonds is 9. The van der Waals surface area contributed by atoms with Crippen molar-refractivity contribution in [3.05, 3.63) is 35.9 Å². The van der Waals surface area contributed by atoms with E-state index in [4.69, 9.17) is 23.7 Å². The second kappa shape index (κ2) is 12.1. The zero-order valence-electron chi connectivity index (χ0n) is 23.1. The van der Waals surface area contributed by atoms with E-state index in [1.54, 1.807) is 0 Å². The molecule has 8 heteroatoms. The molecule has 2 spiro atoms. The van der Waals surface area contributed by atoms with Crippen LogP contribution in [-0.4, -0.2) is 72.4 Å². The Bertz CT molecular complexity index is 946. The molecule has 3 aliphatic carbocycles. The maximum Gasteiger partial charge on any atom is 0.251 e. The third-order valence-corrected chi connectivity index (χ3v) is 9.31. The summed E-state index contributed by atoms with van der Waals surface area (Å²) in [5.41, 5.74) is 0.691. The lowest BCUT2D eigenvalue weighted by atomic mass is 9.85. The third-order valence-electron chi connectivity index (χ3n) is 9.31. The Morgan fingerprint density at radius 1 is 0.769 bits per heavy atom. The smallest absolute Gasteiger partial charge is 0.251 e. The summed E-state index contributed by atoms with van der Waals surface area (Å²) < 4.78 is 32.8. The average Bonchev–Trinajstić information content (AvgIpc) is 3.51. The van der Waals surface area contributed by atoms with Crippen molar-refractivity contribution in [3.63, 3.8) is 0 Å². The van der Waals surface area contributed by atoms with Crippen LogP contribution >= 0.6 is 0 Å². The Morgan fingerprint density at radius 2 is 1.33 bits per heavy atom. The summed E-state index contributed by atoms with van der Waals surface area (Å²) in [6.45, 7) is 1.20. The predicted molar refractivity (Wildman–Crippen MR) is 144 cm³/mol. The van der Waals surface area contributed by atoms with E-state index in [2.05, 4.69) is 5.32 Å². The third kappa shape index (κ3) is 5.92. The van der Waals surface area contributed by atoms with Gasteiger partial charge in [0.15, 0.2) is 11.6 Å². The van der Waals surface area contributed by atoms with Crippen LogP contribution in [0.15, 0.2) is 30.3 Å². The van der Waals surface area contributed by atoms with Gasteiger partial charge in [0, 0.05) is 44.4 Å². The molecule has 8 nitrogen and oxygen atoms in total. The number of hydrogen-bond acceptors (Lipinski definition) is 7. The molecular formula is C31H45NO7. The number of unbranched alkanes of at least 4 members (excludes halogenated alkanes) is 3. The summed E-state index contributed by atoms with van der Waals surface area (Å²) in [5.74, 6) is -1.21. The van der Waals surface area contributed by atoms with Gasteiger partial charge in [0.2, 0.25) is 0 Å². The van der Waals surface area contributed by atoms with E-state index >= 15 is 0 Å². The Morgan fingerprint density at radius 3 is 2.00 bits per heavy atom. The first-order chi connectivity index (χ1) is 19.1. The van der Waals surface area contributed by atoms with E-state index < -0.39 is 29.9 Å². The van der Waals surface area contributed by atoms with Crippen LogP contribution in [0.25, 0.3) is 0 Å². The molecule has 39 heavy (non-hydrogen) atoms. The molecule has 5 aliphatic rings. The largest absolute Gasteiger partial charge is 0.387 e. The summed E-state index contributed by atoms with van der Waals surface area (Å²) in [5, 5.41) is 14.5. The molecule has 2 saturated heterocycles. The van der Waals surface area contributed by atoms with Gasteiger partial charge in [0.25, 0.3) is 5.91 Å². The molecule has 0 unspecified atom stereocenters. The SMILES string of the molecule is O=C(NCCCCCCO[C@H]1[C@H](O)[C@H]2OC3(CCCCC3)O[C@H]2[C@H]2OC3(CCCCC3)O[C@@H]21)c1ccccc1. The number of amides is 1. The van der Waals surface area contributed by atoms with Crippen molar-refractivity contribution in [2.75, 3.05) is 13.2 Å². The number of aliphatic hydroxyl groups excluding tert-OH is 1. The lowest BCUT2D eigenvalue weighted by Gasteiger charge is -2.40. The van der Waals surface area contributed by atoms with Crippen LogP contribution in [0.5, 0.6) is 0 Å². The number of hydrogen-bond donors (Lipinski definition) is 2. The first kappa shape index (κ1) is 27.6. The normalized spacial score (nSPS) is 34.6. The minimum atomic E-state index is -0.812. The van der Waals surface area contributed by atoms with Crippen LogP contribution in [0.2, 0.25) is 0 Å². The average molecular weight is 544 g/mol. The van der Waals surface area contributed by atoms with E-state index in [1.807, 2.05) is 30.3 Å². The van der Waals surface area contributed by atoms with E-state index in [-0.39, 0.29) is 24.2 Å². The minimum absolute atomic E-state index is 0.0271. The maximum absolute atomic E-state index is 12.2. The molecule has 3 saturated carbocycles. The van der Waals surface area contributed by atoms with Gasteiger partial charge in [-0.2, -0.15) is 0 Å². The molecule has 216 valence electrons. The van der Waals surface area contributed by atoms with Gasteiger partial charge in [0.1, 0.15) is 36.6 Å². The van der Waals surface area contributed by atoms with Crippen LogP contribution in [-0.2, 0) is 23.7 Å². The Labute approximate surface area is 232 Å². The highest BCUT2D eigenvalue weighted by Gasteiger charge is 2.66. The van der Waals surface area contributed by atoms with Crippen LogP contribution < -0.4 is 5.32 Å². The van der Waals surface area contributed by atoms with Crippen molar-refractivity contribution in [3.8, 4) is 0 Å². The molecule has 6 rings (SSSR count). The van der Waals surface area contributed by atoms with E-state index in [0.29, 0.717) is 18.7 Å². The number of aliphatic hydroxyl groups is 1. The highest BCUT2D eigenvalue weighted by Crippen LogP contribution is 2.51. The lowest BCUT2D eigenvalue weighted by Crippen LogP contribution is -2.62. The molecule has 1 amide bonds. The Kier molecular flexibility index (Phi) is 8.59. The molecule has 6 atom stereocenters. The topological polar surface area (TPSA) is 95.5 Å². The van der Waals surface area contributed by atoms with Crippen molar-refractivity contribution in [1.29, 1.82) is 0 Å². The molecule has 0 bridgehead atoms. The number of nitrogens with one attached hydrogen (secondary N) is 1. The van der Waals surface area contributed by atoms with Gasteiger partial charge in [-0.3, -0.25) is 4.79 Å². The monoisotopic (exact) mass is 543 g/mol. The fraction of sp³-hybridized carbons (Fsp3) is 0.774. The van der Waals surface area contributed by atoms with Crippen LogP contribution in [0.3, 0.4) is 0 Å². The zero-order chi connectivity index (χ0) is 26.7. The second-order valence-electron chi connectivity index (χ2n) is 12.1. The fourth-order valence-corrected chi connectivity index (χ4v) is 7.26. The lowest BCUT2D eigenvalue weighted by molar-refractivity contribution is -0.227. The van der Waals surface area contributed by atoms with Crippen LogP contribution in [0, 0.1) is 0 Å². The van der Waals surface area contributed by atoms with Crippen LogP contribution in [0.1, 0.15) is 100 Å². The van der Waals surface area contributed by atoms with Gasteiger partial charge < -0.3 is 34.1 Å². The van der Waals surface area contributed by atoms with Gasteiger partial charge in [-0.1, -0.05) is 43.9 Å². The van der Waals surface area contributed by atoms with E-state index in [1.165, 1.54) is 12.8 Å². The molecule has 0 radical (unpaired) electrons. The predicted octanol–water partition coefficient (Wildman–Crippen LogP) is 4.63. The van der Waals surface area contributed by atoms with E-state index in [0.717, 1.165) is 77.0 Å². The highest BCUT2D eigenvalue weighted by molar-refractivity contribution is 5.94. The summed E-state index contributed by atoms with van der Waals surface area (Å²) in [7, 11) is 0. The quantitative estimate of drug-likeness (QED) is 0.439. The number of benzene rings is 1. The first-order valence-electron chi connectivity index (χ1n) is 15.4. The van der Waals surface area contributed by atoms with Gasteiger partial charge in [0.05, 0.1) is 0 Å². The zero-order valence-corrected chi connectivity index (χ0v) is 23.1. The van der Waals surface area contributed by atoms with E-state index in [9.17, 15) is 9.90 Å². The highest BCUT2D eigenvalue weighted by atomic mass is 16.8. The molecule has 2 heterocycles. The van der Waals surface area contributed by atoms with Crippen molar-refractivity contribution in [2.24, 2.45) is 0 Å². The maximum atomic E-state index is 12.2. The summed E-state index contributed by atoms with van der Waals surface area (Å²) >= 11 is 0. The molecular weight excluding hydrogens is 498 g/mol. The molecule has 1 aromatic carbocycles. The number of fused-ring (bicyclic) bond motifs is 3. The summed E-state index contributed by atoms with van der Waals surface area (Å²) in [6, 6.07) is 9.31. The number of carbonyl (C=O) groups excluding carboxylic acids is 1. The van der Waals surface area contributed by atoms with Crippen molar-refractivity contribution in [2.45, 2.75) is 138 Å². The van der Waals surface area contributed by atoms with Gasteiger partial charge in [-0.05, 0) is 50.7 Å². The summed E-state index contributed by atoms with van der Waals surface area (Å²) in [4.78, 5) is 12.2. The second-order valence-corrected chi connectivity index (χ2v) is 12.1. The van der Waals surface area contributed by atoms with Crippen LogP contribution in [0.4, 0.5) is 0 Å². The first-order valence-corrected chi connectivity index (χ1v) is 15.4. The van der Waals surface area contributed by atoms with Gasteiger partial charge in [-0.15, -0.1) is 0 Å².